The fourth-order valence-electron chi connectivity index (χ4n) is 7.61. The highest BCUT2D eigenvalue weighted by atomic mass is 32.2. The number of benzene rings is 1. The highest BCUT2D eigenvalue weighted by molar-refractivity contribution is 7.89. The predicted molar refractivity (Wildman–Crippen MR) is 170 cm³/mol. The zero-order valence-corrected chi connectivity index (χ0v) is 28.0. The third kappa shape index (κ3) is 8.12. The second kappa shape index (κ2) is 14.0. The number of hydrogen-bond donors (Lipinski definition) is 0. The molecule has 1 atom stereocenters. The van der Waals surface area contributed by atoms with Gasteiger partial charge in [0.1, 0.15) is 10.7 Å². The van der Waals surface area contributed by atoms with Gasteiger partial charge in [-0.3, -0.25) is 0 Å². The number of nitrogens with zero attached hydrogens (tertiary/aromatic N) is 4. The summed E-state index contributed by atoms with van der Waals surface area (Å²) in [4.78, 5) is 1.45. The lowest BCUT2D eigenvalue weighted by atomic mass is 9.80. The van der Waals surface area contributed by atoms with Crippen molar-refractivity contribution >= 4 is 25.9 Å². The Balaban J connectivity index is 1.42. The van der Waals surface area contributed by atoms with E-state index in [9.17, 15) is 16.8 Å². The molecule has 2 saturated carbocycles. The molecular weight excluding hydrogens is 588 g/mol. The normalized spacial score (nSPS) is 26.1. The third-order valence-corrected chi connectivity index (χ3v) is 14.3. The van der Waals surface area contributed by atoms with E-state index in [-0.39, 0.29) is 11.4 Å². The summed E-state index contributed by atoms with van der Waals surface area (Å²) in [6.07, 6.45) is 15.3. The monoisotopic (exact) mass is 640 g/mol. The first kappa shape index (κ1) is 33.1. The number of sulfonamides is 1. The SMILES string of the molecule is CN(C)c1ccc(S(=O)(=O)N2CCCC(CC3CCCCC3)CCCN(S(=O)(=O)N3CCCCC3)CC3(CC3)C2)c(F)c1. The molecule has 0 aromatic heterocycles. The molecule has 1 aromatic rings. The molecule has 0 radical (unpaired) electrons. The Labute approximate surface area is 260 Å². The molecule has 1 aromatic carbocycles. The van der Waals surface area contributed by atoms with E-state index in [2.05, 4.69) is 0 Å². The van der Waals surface area contributed by atoms with Crippen LogP contribution in [0.15, 0.2) is 23.1 Å². The summed E-state index contributed by atoms with van der Waals surface area (Å²) in [6.45, 7) is 2.47. The number of rotatable bonds is 7. The Morgan fingerprint density at radius 1 is 0.744 bits per heavy atom. The van der Waals surface area contributed by atoms with Crippen molar-refractivity contribution in [2.75, 3.05) is 58.3 Å². The zero-order chi connectivity index (χ0) is 30.7. The first-order chi connectivity index (χ1) is 20.5. The molecule has 2 aliphatic carbocycles. The van der Waals surface area contributed by atoms with Gasteiger partial charge in [-0.05, 0) is 93.2 Å². The smallest absolute Gasteiger partial charge is 0.281 e. The number of anilines is 1. The maximum absolute atomic E-state index is 15.3. The van der Waals surface area contributed by atoms with Crippen LogP contribution in [0.5, 0.6) is 0 Å². The zero-order valence-electron chi connectivity index (χ0n) is 26.4. The molecule has 43 heavy (non-hydrogen) atoms. The van der Waals surface area contributed by atoms with E-state index in [4.69, 9.17) is 0 Å². The Hall–Kier alpha value is -1.27. The minimum absolute atomic E-state index is 0.226. The highest BCUT2D eigenvalue weighted by Crippen LogP contribution is 2.49. The minimum atomic E-state index is -4.11. The maximum atomic E-state index is 15.3. The topological polar surface area (TPSA) is 81.2 Å². The van der Waals surface area contributed by atoms with Crippen molar-refractivity contribution in [3.05, 3.63) is 24.0 Å². The molecule has 4 fully saturated rings. The van der Waals surface area contributed by atoms with Gasteiger partial charge in [0.15, 0.2) is 0 Å². The van der Waals surface area contributed by atoms with Crippen molar-refractivity contribution in [3.63, 3.8) is 0 Å². The first-order valence-corrected chi connectivity index (χ1v) is 19.6. The lowest BCUT2D eigenvalue weighted by Crippen LogP contribution is -2.50. The van der Waals surface area contributed by atoms with Crippen LogP contribution in [-0.2, 0) is 20.2 Å². The van der Waals surface area contributed by atoms with E-state index >= 15 is 4.39 Å². The van der Waals surface area contributed by atoms with Crippen LogP contribution in [0.2, 0.25) is 0 Å². The molecule has 1 unspecified atom stereocenters. The summed E-state index contributed by atoms with van der Waals surface area (Å²) in [5.41, 5.74) is 0.171. The Kier molecular flexibility index (Phi) is 10.8. The van der Waals surface area contributed by atoms with Crippen LogP contribution in [-0.4, -0.2) is 83.1 Å². The van der Waals surface area contributed by atoms with Gasteiger partial charge in [0.25, 0.3) is 10.2 Å². The Morgan fingerprint density at radius 2 is 1.28 bits per heavy atom. The molecule has 0 amide bonds. The fourth-order valence-corrected chi connectivity index (χ4v) is 11.1. The van der Waals surface area contributed by atoms with Gasteiger partial charge in [0.2, 0.25) is 10.0 Å². The van der Waals surface area contributed by atoms with Gasteiger partial charge < -0.3 is 4.90 Å². The van der Waals surface area contributed by atoms with Gasteiger partial charge in [-0.25, -0.2) is 12.8 Å². The van der Waals surface area contributed by atoms with Gasteiger partial charge in [0, 0.05) is 59.1 Å². The summed E-state index contributed by atoms with van der Waals surface area (Å²) in [5, 5.41) is 0. The van der Waals surface area contributed by atoms with E-state index in [1.165, 1.54) is 48.5 Å². The molecule has 8 nitrogen and oxygen atoms in total. The van der Waals surface area contributed by atoms with Crippen molar-refractivity contribution in [1.29, 1.82) is 0 Å². The number of piperidine rings is 1. The van der Waals surface area contributed by atoms with Gasteiger partial charge in [-0.15, -0.1) is 0 Å². The summed E-state index contributed by atoms with van der Waals surface area (Å²) < 4.78 is 76.2. The fraction of sp³-hybridized carbons (Fsp3) is 0.812. The summed E-state index contributed by atoms with van der Waals surface area (Å²) in [7, 11) is -4.16. The van der Waals surface area contributed by atoms with Gasteiger partial charge in [0.05, 0.1) is 0 Å². The average Bonchev–Trinajstić information content (AvgIpc) is 3.75. The van der Waals surface area contributed by atoms with E-state index in [1.807, 2.05) is 0 Å². The Bertz CT molecular complexity index is 1290. The molecule has 2 saturated heterocycles. The van der Waals surface area contributed by atoms with Gasteiger partial charge >= 0.3 is 0 Å². The molecule has 2 heterocycles. The van der Waals surface area contributed by atoms with Crippen molar-refractivity contribution in [1.82, 2.24) is 12.9 Å². The quantitative estimate of drug-likeness (QED) is 0.373. The highest BCUT2D eigenvalue weighted by Gasteiger charge is 2.49. The van der Waals surface area contributed by atoms with Crippen LogP contribution >= 0.6 is 0 Å². The largest absolute Gasteiger partial charge is 0.378 e. The second-order valence-corrected chi connectivity index (χ2v) is 17.9. The molecule has 1 spiro atoms. The Morgan fingerprint density at radius 3 is 1.86 bits per heavy atom. The average molecular weight is 641 g/mol. The van der Waals surface area contributed by atoms with Crippen LogP contribution < -0.4 is 4.90 Å². The first-order valence-electron chi connectivity index (χ1n) is 16.7. The lowest BCUT2D eigenvalue weighted by Gasteiger charge is -2.36. The van der Waals surface area contributed by atoms with Gasteiger partial charge in [-0.1, -0.05) is 38.5 Å². The van der Waals surface area contributed by atoms with Crippen molar-refractivity contribution in [3.8, 4) is 0 Å². The standard InChI is InChI=1S/C32H53FN4O4S2/c1-34(2)29-15-16-31(30(33)24-29)42(38,39)36-21-9-13-28(23-27-11-5-3-6-12-27)14-10-22-37(26-32(25-36)17-18-32)43(40,41)35-19-7-4-8-20-35/h15-16,24,27-28H,3-14,17-23,25-26H2,1-2H3. The summed E-state index contributed by atoms with van der Waals surface area (Å²) >= 11 is 0. The molecule has 5 rings (SSSR count). The summed E-state index contributed by atoms with van der Waals surface area (Å²) in [5.74, 6) is 0.406. The predicted octanol–water partition coefficient (Wildman–Crippen LogP) is 5.86. The van der Waals surface area contributed by atoms with Crippen LogP contribution in [0, 0.1) is 23.1 Å². The summed E-state index contributed by atoms with van der Waals surface area (Å²) in [6, 6.07) is 4.31. The molecule has 0 bridgehead atoms. The van der Waals surface area contributed by atoms with Crippen LogP contribution in [0.3, 0.4) is 0 Å². The maximum Gasteiger partial charge on any atom is 0.281 e. The number of hydrogen-bond acceptors (Lipinski definition) is 5. The molecule has 0 N–H and O–H groups in total. The van der Waals surface area contributed by atoms with Crippen molar-refractivity contribution < 1.29 is 21.2 Å². The van der Waals surface area contributed by atoms with Crippen LogP contribution in [0.4, 0.5) is 10.1 Å². The van der Waals surface area contributed by atoms with Gasteiger partial charge in [-0.2, -0.15) is 21.3 Å². The van der Waals surface area contributed by atoms with E-state index < -0.39 is 31.5 Å². The van der Waals surface area contributed by atoms with Crippen LogP contribution in [0.1, 0.15) is 96.3 Å². The van der Waals surface area contributed by atoms with Crippen molar-refractivity contribution in [2.45, 2.75) is 101 Å². The molecule has 4 aliphatic rings. The molecule has 244 valence electrons. The van der Waals surface area contributed by atoms with Crippen molar-refractivity contribution in [2.24, 2.45) is 17.3 Å². The molecular formula is C32H53FN4O4S2. The second-order valence-electron chi connectivity index (χ2n) is 14.0. The third-order valence-electron chi connectivity index (χ3n) is 10.4. The van der Waals surface area contributed by atoms with E-state index in [0.717, 1.165) is 64.2 Å². The molecule has 2 aliphatic heterocycles. The number of halogens is 1. The van der Waals surface area contributed by atoms with Crippen LogP contribution in [0.25, 0.3) is 0 Å². The lowest BCUT2D eigenvalue weighted by molar-refractivity contribution is 0.216. The van der Waals surface area contributed by atoms with E-state index in [1.54, 1.807) is 33.7 Å². The minimum Gasteiger partial charge on any atom is -0.378 e. The van der Waals surface area contributed by atoms with E-state index in [0.29, 0.717) is 50.2 Å². The molecule has 11 heteroatoms.